The third kappa shape index (κ3) is 3.44. The molecule has 0 N–H and O–H groups in total. The Hall–Kier alpha value is -0.113. The van der Waals surface area contributed by atoms with Gasteiger partial charge in [0, 0.05) is 0 Å². The van der Waals surface area contributed by atoms with Crippen molar-refractivity contribution < 1.29 is 4.39 Å². The van der Waals surface area contributed by atoms with Crippen molar-refractivity contribution in [3.8, 4) is 0 Å². The highest BCUT2D eigenvalue weighted by Crippen LogP contribution is 2.41. The van der Waals surface area contributed by atoms with Gasteiger partial charge in [-0.3, -0.25) is 0 Å². The molecule has 1 saturated carbocycles. The van der Waals surface area contributed by atoms with E-state index >= 15 is 0 Å². The second-order valence-electron chi connectivity index (χ2n) is 7.31. The van der Waals surface area contributed by atoms with Gasteiger partial charge >= 0.3 is 0 Å². The van der Waals surface area contributed by atoms with Crippen LogP contribution in [0.1, 0.15) is 46.5 Å². The lowest BCUT2D eigenvalue weighted by molar-refractivity contribution is 0.196. The van der Waals surface area contributed by atoms with Gasteiger partial charge in [0.05, 0.1) is 5.45 Å². The number of hydrogen-bond acceptors (Lipinski definition) is 0. The van der Waals surface area contributed by atoms with Crippen molar-refractivity contribution in [1.29, 1.82) is 0 Å². The van der Waals surface area contributed by atoms with Crippen molar-refractivity contribution in [2.24, 2.45) is 11.3 Å². The first kappa shape index (κ1) is 13.9. The summed E-state index contributed by atoms with van der Waals surface area (Å²) in [6, 6.07) is 0. The third-order valence-corrected chi connectivity index (χ3v) is 5.45. The third-order valence-electron chi connectivity index (χ3n) is 3.78. The van der Waals surface area contributed by atoms with E-state index in [1.54, 1.807) is 0 Å². The fourth-order valence-corrected chi connectivity index (χ4v) is 3.89. The molecule has 16 heavy (non-hydrogen) atoms. The molecule has 1 aliphatic carbocycles. The molecule has 2 heteroatoms. The molecule has 0 amide bonds. The predicted molar refractivity (Wildman–Crippen MR) is 72.9 cm³/mol. The van der Waals surface area contributed by atoms with Gasteiger partial charge in [-0.15, -0.1) is 0 Å². The van der Waals surface area contributed by atoms with E-state index in [0.29, 0.717) is 5.41 Å². The molecule has 1 fully saturated rings. The van der Waals surface area contributed by atoms with E-state index in [1.165, 1.54) is 12.8 Å². The molecule has 0 saturated heterocycles. The van der Waals surface area contributed by atoms with E-state index < -0.39 is 8.07 Å². The Labute approximate surface area is 101 Å². The summed E-state index contributed by atoms with van der Waals surface area (Å²) in [5.41, 5.74) is 1.81. The van der Waals surface area contributed by atoms with Crippen molar-refractivity contribution in [2.45, 2.75) is 66.1 Å². The average molecular weight is 242 g/mol. The van der Waals surface area contributed by atoms with Gasteiger partial charge in [0.1, 0.15) is 8.07 Å². The van der Waals surface area contributed by atoms with E-state index in [4.69, 9.17) is 0 Å². The molecule has 0 spiro atoms. The maximum absolute atomic E-state index is 14.2. The van der Waals surface area contributed by atoms with Gasteiger partial charge < -0.3 is 0 Å². The Morgan fingerprint density at radius 1 is 1.12 bits per heavy atom. The van der Waals surface area contributed by atoms with Crippen LogP contribution >= 0.6 is 0 Å². The summed E-state index contributed by atoms with van der Waals surface area (Å²) in [5.74, 6) is 0.769. The molecule has 0 aliphatic heterocycles. The standard InChI is InChI=1S/C14H27FSi/c1-14(2,3)12-9-7-11(8-10-12)13(15)16(4,5)6/h12H,7-10H2,1-6H3. The van der Waals surface area contributed by atoms with Crippen LogP contribution in [0.25, 0.3) is 0 Å². The lowest BCUT2D eigenvalue weighted by Crippen LogP contribution is -2.27. The van der Waals surface area contributed by atoms with Crippen molar-refractivity contribution in [1.82, 2.24) is 0 Å². The van der Waals surface area contributed by atoms with Crippen molar-refractivity contribution in [3.05, 3.63) is 11.0 Å². The Kier molecular flexibility index (Phi) is 4.04. The fourth-order valence-electron chi connectivity index (χ4n) is 2.58. The molecule has 0 atom stereocenters. The topological polar surface area (TPSA) is 0 Å². The van der Waals surface area contributed by atoms with E-state index in [1.807, 2.05) is 0 Å². The highest BCUT2D eigenvalue weighted by atomic mass is 28.3. The quantitative estimate of drug-likeness (QED) is 0.546. The van der Waals surface area contributed by atoms with Gasteiger partial charge in [-0.2, -0.15) is 0 Å². The fraction of sp³-hybridized carbons (Fsp3) is 0.857. The summed E-state index contributed by atoms with van der Waals surface area (Å²) < 4.78 is 14.2. The molecular formula is C14H27FSi. The van der Waals surface area contributed by atoms with Gasteiger partial charge in [0.2, 0.25) is 0 Å². The minimum atomic E-state index is -1.70. The highest BCUT2D eigenvalue weighted by molar-refractivity contribution is 6.82. The molecule has 0 bridgehead atoms. The number of rotatable bonds is 1. The van der Waals surface area contributed by atoms with Crippen LogP contribution in [0, 0.1) is 11.3 Å². The zero-order chi connectivity index (χ0) is 12.6. The largest absolute Gasteiger partial charge is 0.217 e. The summed E-state index contributed by atoms with van der Waals surface area (Å²) in [6.07, 6.45) is 4.35. The molecule has 0 aromatic carbocycles. The van der Waals surface area contributed by atoms with Crippen LogP contribution in [-0.4, -0.2) is 8.07 Å². The predicted octanol–water partition coefficient (Wildman–Crippen LogP) is 5.32. The molecule has 0 aromatic rings. The molecule has 0 aromatic heterocycles. The molecule has 0 unspecified atom stereocenters. The average Bonchev–Trinajstić information content (AvgIpc) is 2.14. The Bertz CT molecular complexity index is 268. The molecule has 94 valence electrons. The summed E-state index contributed by atoms with van der Waals surface area (Å²) in [5, 5.41) is 0. The first-order valence-electron chi connectivity index (χ1n) is 6.50. The summed E-state index contributed by atoms with van der Waals surface area (Å²) in [4.78, 5) is 0. The maximum atomic E-state index is 14.2. The van der Waals surface area contributed by atoms with Crippen LogP contribution in [0.2, 0.25) is 19.6 Å². The highest BCUT2D eigenvalue weighted by Gasteiger charge is 2.31. The van der Waals surface area contributed by atoms with Crippen LogP contribution < -0.4 is 0 Å². The van der Waals surface area contributed by atoms with Crippen molar-refractivity contribution in [3.63, 3.8) is 0 Å². The number of hydrogen-bond donors (Lipinski definition) is 0. The van der Waals surface area contributed by atoms with Crippen LogP contribution in [0.5, 0.6) is 0 Å². The summed E-state index contributed by atoms with van der Waals surface area (Å²) in [7, 11) is -1.70. The van der Waals surface area contributed by atoms with Gasteiger partial charge in [-0.05, 0) is 42.6 Å². The van der Waals surface area contributed by atoms with E-state index in [2.05, 4.69) is 40.4 Å². The summed E-state index contributed by atoms with van der Waals surface area (Å²) >= 11 is 0. The van der Waals surface area contributed by atoms with Crippen LogP contribution in [-0.2, 0) is 0 Å². The maximum Gasteiger partial charge on any atom is 0.114 e. The first-order valence-corrected chi connectivity index (χ1v) is 10.0. The smallest absolute Gasteiger partial charge is 0.114 e. The Balaban J connectivity index is 2.69. The van der Waals surface area contributed by atoms with E-state index in [-0.39, 0.29) is 5.45 Å². The van der Waals surface area contributed by atoms with E-state index in [0.717, 1.165) is 24.3 Å². The molecule has 0 heterocycles. The molecular weight excluding hydrogens is 215 g/mol. The lowest BCUT2D eigenvalue weighted by Gasteiger charge is -2.35. The van der Waals surface area contributed by atoms with Crippen molar-refractivity contribution in [2.75, 3.05) is 0 Å². The Morgan fingerprint density at radius 2 is 1.56 bits per heavy atom. The minimum absolute atomic E-state index is 0.278. The second-order valence-corrected chi connectivity index (χ2v) is 12.2. The summed E-state index contributed by atoms with van der Waals surface area (Å²) in [6.45, 7) is 13.2. The lowest BCUT2D eigenvalue weighted by atomic mass is 9.71. The zero-order valence-electron chi connectivity index (χ0n) is 11.8. The minimum Gasteiger partial charge on any atom is -0.217 e. The SMILES string of the molecule is CC(C)(C)C1CCC(=C(F)[Si](C)(C)C)CC1. The van der Waals surface area contributed by atoms with Crippen LogP contribution in [0.3, 0.4) is 0 Å². The normalized spacial score (nSPS) is 23.4. The molecule has 1 rings (SSSR count). The number of allylic oxidation sites excluding steroid dienone is 1. The molecule has 0 radical (unpaired) electrons. The monoisotopic (exact) mass is 242 g/mol. The van der Waals surface area contributed by atoms with Gasteiger partial charge in [-0.25, -0.2) is 4.39 Å². The van der Waals surface area contributed by atoms with Gasteiger partial charge in [0.25, 0.3) is 0 Å². The zero-order valence-corrected chi connectivity index (χ0v) is 12.8. The first-order chi connectivity index (χ1) is 7.12. The molecule has 1 aliphatic rings. The van der Waals surface area contributed by atoms with Gasteiger partial charge in [0.15, 0.2) is 0 Å². The second kappa shape index (κ2) is 4.64. The Morgan fingerprint density at radius 3 is 1.88 bits per heavy atom. The van der Waals surface area contributed by atoms with Crippen molar-refractivity contribution >= 4 is 8.07 Å². The van der Waals surface area contributed by atoms with Crippen LogP contribution in [0.4, 0.5) is 4.39 Å². The molecule has 0 nitrogen and oxygen atoms in total. The van der Waals surface area contributed by atoms with E-state index in [9.17, 15) is 4.39 Å². The number of halogens is 1. The van der Waals surface area contributed by atoms with Gasteiger partial charge in [-0.1, -0.05) is 40.4 Å². The van der Waals surface area contributed by atoms with Crippen LogP contribution in [0.15, 0.2) is 11.0 Å².